The van der Waals surface area contributed by atoms with E-state index in [4.69, 9.17) is 5.84 Å². The number of hydrogen-bond donors (Lipinski definition) is 2. The van der Waals surface area contributed by atoms with Gasteiger partial charge in [0.1, 0.15) is 0 Å². The Morgan fingerprint density at radius 2 is 2.26 bits per heavy atom. The van der Waals surface area contributed by atoms with Gasteiger partial charge in [0.15, 0.2) is 0 Å². The number of nitrogens with one attached hydrogen (secondary N) is 1. The number of rotatable bonds is 5. The van der Waals surface area contributed by atoms with E-state index in [1.165, 1.54) is 17.0 Å². The molecule has 0 spiro atoms. The lowest BCUT2D eigenvalue weighted by atomic mass is 10.2. The van der Waals surface area contributed by atoms with Crippen LogP contribution in [0.1, 0.15) is 4.88 Å². The summed E-state index contributed by atoms with van der Waals surface area (Å²) >= 11 is 1.65. The molecule has 7 heteroatoms. The van der Waals surface area contributed by atoms with Crippen molar-refractivity contribution >= 4 is 28.4 Å². The van der Waals surface area contributed by atoms with Crippen molar-refractivity contribution < 1.29 is 4.92 Å². The van der Waals surface area contributed by atoms with E-state index in [1.807, 2.05) is 29.5 Å². The molecule has 1 aromatic carbocycles. The average Bonchev–Trinajstić information content (AvgIpc) is 2.90. The molecule has 0 aliphatic heterocycles. The van der Waals surface area contributed by atoms with Gasteiger partial charge in [-0.1, -0.05) is 6.07 Å². The SMILES string of the molecule is CN(Cc1cccs1)c1cc(NN)cc([N+](=O)[O-])c1. The Labute approximate surface area is 114 Å². The molecule has 0 fully saturated rings. The molecule has 0 bridgehead atoms. The number of hydrazine groups is 1. The standard InChI is InChI=1S/C12H14N4O2S/c1-15(8-12-3-2-4-19-12)10-5-9(14-13)6-11(7-10)16(17)18/h2-7,14H,8,13H2,1H3. The Morgan fingerprint density at radius 1 is 1.47 bits per heavy atom. The van der Waals surface area contributed by atoms with Gasteiger partial charge in [0.05, 0.1) is 17.2 Å². The number of hydrogen-bond acceptors (Lipinski definition) is 6. The van der Waals surface area contributed by atoms with Crippen molar-refractivity contribution in [3.8, 4) is 0 Å². The molecule has 0 saturated heterocycles. The summed E-state index contributed by atoms with van der Waals surface area (Å²) in [6.45, 7) is 0.697. The van der Waals surface area contributed by atoms with E-state index >= 15 is 0 Å². The molecule has 0 atom stereocenters. The number of nitrogen functional groups attached to an aromatic ring is 1. The van der Waals surface area contributed by atoms with Gasteiger partial charge < -0.3 is 10.3 Å². The van der Waals surface area contributed by atoms with E-state index in [9.17, 15) is 10.1 Å². The molecule has 2 aromatic rings. The molecule has 0 saturated carbocycles. The normalized spacial score (nSPS) is 10.2. The maximum absolute atomic E-state index is 10.9. The highest BCUT2D eigenvalue weighted by atomic mass is 32.1. The van der Waals surface area contributed by atoms with Crippen LogP contribution in [0.5, 0.6) is 0 Å². The number of thiophene rings is 1. The Bertz CT molecular complexity index is 571. The molecule has 2 rings (SSSR count). The summed E-state index contributed by atoms with van der Waals surface area (Å²) < 4.78 is 0. The minimum Gasteiger partial charge on any atom is -0.369 e. The lowest BCUT2D eigenvalue weighted by Gasteiger charge is -2.19. The van der Waals surface area contributed by atoms with Gasteiger partial charge in [-0.3, -0.25) is 16.0 Å². The number of anilines is 2. The van der Waals surface area contributed by atoms with Crippen molar-refractivity contribution in [3.63, 3.8) is 0 Å². The summed E-state index contributed by atoms with van der Waals surface area (Å²) in [5.41, 5.74) is 3.73. The number of nitrogens with two attached hydrogens (primary N) is 1. The quantitative estimate of drug-likeness (QED) is 0.499. The highest BCUT2D eigenvalue weighted by Crippen LogP contribution is 2.27. The maximum atomic E-state index is 10.9. The van der Waals surface area contributed by atoms with Crippen LogP contribution >= 0.6 is 11.3 Å². The van der Waals surface area contributed by atoms with Crippen LogP contribution in [0.4, 0.5) is 17.1 Å². The highest BCUT2D eigenvalue weighted by molar-refractivity contribution is 7.09. The summed E-state index contributed by atoms with van der Waals surface area (Å²) in [5, 5.41) is 12.9. The van der Waals surface area contributed by atoms with Crippen LogP contribution in [-0.2, 0) is 6.54 Å². The molecule has 6 nitrogen and oxygen atoms in total. The lowest BCUT2D eigenvalue weighted by Crippen LogP contribution is -2.16. The monoisotopic (exact) mass is 278 g/mol. The zero-order valence-electron chi connectivity index (χ0n) is 10.4. The zero-order valence-corrected chi connectivity index (χ0v) is 11.2. The first-order valence-electron chi connectivity index (χ1n) is 5.60. The first kappa shape index (κ1) is 13.3. The first-order chi connectivity index (χ1) is 9.10. The predicted molar refractivity (Wildman–Crippen MR) is 77.3 cm³/mol. The van der Waals surface area contributed by atoms with E-state index in [0.717, 1.165) is 5.69 Å². The van der Waals surface area contributed by atoms with Crippen LogP contribution < -0.4 is 16.2 Å². The van der Waals surface area contributed by atoms with Crippen LogP contribution in [0.25, 0.3) is 0 Å². The molecule has 0 aliphatic rings. The lowest BCUT2D eigenvalue weighted by molar-refractivity contribution is -0.384. The molecule has 0 amide bonds. The van der Waals surface area contributed by atoms with Crippen molar-refractivity contribution in [2.45, 2.75) is 6.54 Å². The van der Waals surface area contributed by atoms with Gasteiger partial charge in [-0.15, -0.1) is 11.3 Å². The summed E-state index contributed by atoms with van der Waals surface area (Å²) in [4.78, 5) is 13.6. The third-order valence-corrected chi connectivity index (χ3v) is 3.56. The van der Waals surface area contributed by atoms with Crippen molar-refractivity contribution in [2.24, 2.45) is 5.84 Å². The number of nitrogens with zero attached hydrogens (tertiary/aromatic N) is 2. The Kier molecular flexibility index (Phi) is 3.98. The highest BCUT2D eigenvalue weighted by Gasteiger charge is 2.12. The molecule has 0 unspecified atom stereocenters. The summed E-state index contributed by atoms with van der Waals surface area (Å²) in [6, 6.07) is 8.73. The fourth-order valence-corrected chi connectivity index (χ4v) is 2.49. The van der Waals surface area contributed by atoms with Crippen LogP contribution in [0.3, 0.4) is 0 Å². The fourth-order valence-electron chi connectivity index (χ4n) is 1.73. The number of nitro groups is 1. The maximum Gasteiger partial charge on any atom is 0.273 e. The Balaban J connectivity index is 2.27. The Hall–Kier alpha value is -2.12. The molecular weight excluding hydrogens is 264 g/mol. The summed E-state index contributed by atoms with van der Waals surface area (Å²) in [6.07, 6.45) is 0. The minimum atomic E-state index is -0.427. The smallest absolute Gasteiger partial charge is 0.273 e. The van der Waals surface area contributed by atoms with E-state index in [-0.39, 0.29) is 5.69 Å². The fraction of sp³-hybridized carbons (Fsp3) is 0.167. The van der Waals surface area contributed by atoms with Crippen LogP contribution in [0.2, 0.25) is 0 Å². The van der Waals surface area contributed by atoms with Gasteiger partial charge in [0.25, 0.3) is 5.69 Å². The van der Waals surface area contributed by atoms with Gasteiger partial charge in [0.2, 0.25) is 0 Å². The van der Waals surface area contributed by atoms with Gasteiger partial charge in [-0.05, 0) is 17.5 Å². The van der Waals surface area contributed by atoms with Crippen molar-refractivity contribution in [3.05, 3.63) is 50.7 Å². The molecule has 3 N–H and O–H groups in total. The molecule has 19 heavy (non-hydrogen) atoms. The van der Waals surface area contributed by atoms with E-state index in [2.05, 4.69) is 5.43 Å². The average molecular weight is 278 g/mol. The topological polar surface area (TPSA) is 84.4 Å². The molecule has 100 valence electrons. The molecule has 1 heterocycles. The molecule has 0 radical (unpaired) electrons. The summed E-state index contributed by atoms with van der Waals surface area (Å²) in [5.74, 6) is 5.33. The van der Waals surface area contributed by atoms with Gasteiger partial charge in [0, 0.05) is 29.7 Å². The first-order valence-corrected chi connectivity index (χ1v) is 6.47. The number of benzene rings is 1. The van der Waals surface area contributed by atoms with Crippen LogP contribution in [0, 0.1) is 10.1 Å². The van der Waals surface area contributed by atoms with E-state index < -0.39 is 4.92 Å². The molecule has 1 aromatic heterocycles. The summed E-state index contributed by atoms with van der Waals surface area (Å²) in [7, 11) is 1.89. The predicted octanol–water partition coefficient (Wildman–Crippen LogP) is 2.58. The van der Waals surface area contributed by atoms with Gasteiger partial charge >= 0.3 is 0 Å². The molecule has 0 aliphatic carbocycles. The second-order valence-corrected chi connectivity index (χ2v) is 5.11. The Morgan fingerprint density at radius 3 is 2.84 bits per heavy atom. The van der Waals surface area contributed by atoms with Crippen molar-refractivity contribution in [1.29, 1.82) is 0 Å². The minimum absolute atomic E-state index is 0.0171. The van der Waals surface area contributed by atoms with Gasteiger partial charge in [-0.2, -0.15) is 0 Å². The molecular formula is C12H14N4O2S. The number of nitro benzene ring substituents is 1. The van der Waals surface area contributed by atoms with Crippen LogP contribution in [0.15, 0.2) is 35.7 Å². The second kappa shape index (κ2) is 5.68. The second-order valence-electron chi connectivity index (χ2n) is 4.07. The van der Waals surface area contributed by atoms with Crippen molar-refractivity contribution in [1.82, 2.24) is 0 Å². The number of non-ortho nitro benzene ring substituents is 1. The zero-order chi connectivity index (χ0) is 13.8. The van der Waals surface area contributed by atoms with Crippen molar-refractivity contribution in [2.75, 3.05) is 17.4 Å². The van der Waals surface area contributed by atoms with Gasteiger partial charge in [-0.25, -0.2) is 0 Å². The van der Waals surface area contributed by atoms with E-state index in [0.29, 0.717) is 12.2 Å². The third-order valence-electron chi connectivity index (χ3n) is 2.69. The third kappa shape index (κ3) is 3.21. The van der Waals surface area contributed by atoms with Crippen LogP contribution in [-0.4, -0.2) is 12.0 Å². The largest absolute Gasteiger partial charge is 0.369 e. The van der Waals surface area contributed by atoms with E-state index in [1.54, 1.807) is 17.4 Å².